The largest absolute Gasteiger partial charge is 0.323 e. The molecule has 2 amide bonds. The summed E-state index contributed by atoms with van der Waals surface area (Å²) in [7, 11) is 0. The monoisotopic (exact) mass is 360 g/mol. The van der Waals surface area contributed by atoms with E-state index < -0.39 is 22.3 Å². The van der Waals surface area contributed by atoms with E-state index in [0.717, 1.165) is 6.07 Å². The maximum Gasteiger partial charge on any atom is 0.271 e. The summed E-state index contributed by atoms with van der Waals surface area (Å²) in [4.78, 5) is 40.5. The van der Waals surface area contributed by atoms with E-state index in [0.29, 0.717) is 5.84 Å². The van der Waals surface area contributed by atoms with Crippen molar-refractivity contribution in [3.63, 3.8) is 0 Å². The van der Waals surface area contributed by atoms with Crippen molar-refractivity contribution < 1.29 is 14.5 Å². The van der Waals surface area contributed by atoms with Crippen LogP contribution >= 0.6 is 11.6 Å². The van der Waals surface area contributed by atoms with Crippen molar-refractivity contribution in [2.75, 3.05) is 5.32 Å². The Kier molecular flexibility index (Phi) is 4.13. The van der Waals surface area contributed by atoms with E-state index in [4.69, 9.17) is 11.6 Å². The van der Waals surface area contributed by atoms with E-state index in [1.54, 1.807) is 36.3 Å². The quantitative estimate of drug-likeness (QED) is 0.659. The number of carbonyl (C=O) groups excluding carboxylic acids is 2. The zero-order valence-electron chi connectivity index (χ0n) is 13.1. The lowest BCUT2D eigenvalue weighted by Gasteiger charge is -2.41. The maximum atomic E-state index is 12.9. The average Bonchev–Trinajstić information content (AvgIpc) is 2.56. The summed E-state index contributed by atoms with van der Waals surface area (Å²) in [5.41, 5.74) is -1.15. The molecule has 9 heteroatoms. The minimum Gasteiger partial charge on any atom is -0.323 e. The highest BCUT2D eigenvalue weighted by atomic mass is 35.5. The number of carbonyl (C=O) groups is 2. The fourth-order valence-electron chi connectivity index (χ4n) is 2.66. The third-order valence-electron chi connectivity index (χ3n) is 4.01. The fourth-order valence-corrected chi connectivity index (χ4v) is 2.88. The SMILES string of the molecule is CC1(C(=O)Nc2ccc([N+](=O)[O-])cc2Cl)CC(=O)N=C2C=CC=CN21. The minimum absolute atomic E-state index is 0.0382. The molecule has 1 N–H and O–H groups in total. The fraction of sp³-hybridized carbons (Fsp3) is 0.188. The Morgan fingerprint density at radius 3 is 2.88 bits per heavy atom. The molecule has 0 saturated carbocycles. The summed E-state index contributed by atoms with van der Waals surface area (Å²) in [5, 5.41) is 13.4. The molecule has 1 aromatic carbocycles. The zero-order chi connectivity index (χ0) is 18.2. The second kappa shape index (κ2) is 6.14. The first-order chi connectivity index (χ1) is 11.8. The topological polar surface area (TPSA) is 105 Å². The third kappa shape index (κ3) is 3.03. The Balaban J connectivity index is 1.89. The number of rotatable bonds is 3. The molecule has 0 spiro atoms. The average molecular weight is 361 g/mol. The van der Waals surface area contributed by atoms with Crippen LogP contribution in [0.3, 0.4) is 0 Å². The molecule has 0 bridgehead atoms. The highest BCUT2D eigenvalue weighted by molar-refractivity contribution is 6.34. The van der Waals surface area contributed by atoms with E-state index in [-0.39, 0.29) is 22.8 Å². The number of non-ortho nitro benzene ring substituents is 1. The Labute approximate surface area is 147 Å². The maximum absolute atomic E-state index is 12.9. The van der Waals surface area contributed by atoms with Crippen LogP contribution in [0.4, 0.5) is 11.4 Å². The summed E-state index contributed by atoms with van der Waals surface area (Å²) < 4.78 is 0. The molecule has 1 unspecified atom stereocenters. The number of benzene rings is 1. The minimum atomic E-state index is -1.19. The van der Waals surface area contributed by atoms with Crippen molar-refractivity contribution >= 4 is 40.6 Å². The van der Waals surface area contributed by atoms with Crippen LogP contribution in [0.15, 0.2) is 47.6 Å². The lowest BCUT2D eigenvalue weighted by atomic mass is 9.91. The number of hydrogen-bond donors (Lipinski definition) is 1. The van der Waals surface area contributed by atoms with E-state index in [2.05, 4.69) is 10.3 Å². The van der Waals surface area contributed by atoms with E-state index in [9.17, 15) is 19.7 Å². The summed E-state index contributed by atoms with van der Waals surface area (Å²) in [6, 6.07) is 3.75. The predicted octanol–water partition coefficient (Wildman–Crippen LogP) is 2.66. The number of nitro groups is 1. The number of fused-ring (bicyclic) bond motifs is 1. The van der Waals surface area contributed by atoms with Gasteiger partial charge in [0.1, 0.15) is 11.4 Å². The van der Waals surface area contributed by atoms with Gasteiger partial charge in [0.05, 0.1) is 22.1 Å². The third-order valence-corrected chi connectivity index (χ3v) is 4.32. The highest BCUT2D eigenvalue weighted by Gasteiger charge is 2.45. The van der Waals surface area contributed by atoms with Gasteiger partial charge in [0.2, 0.25) is 0 Å². The van der Waals surface area contributed by atoms with Gasteiger partial charge in [0, 0.05) is 18.3 Å². The van der Waals surface area contributed by atoms with Gasteiger partial charge < -0.3 is 10.2 Å². The lowest BCUT2D eigenvalue weighted by molar-refractivity contribution is -0.384. The number of hydrogen-bond acceptors (Lipinski definition) is 5. The van der Waals surface area contributed by atoms with Crippen LogP contribution in [0.5, 0.6) is 0 Å². The number of amides is 2. The number of nitrogens with one attached hydrogen (secondary N) is 1. The van der Waals surface area contributed by atoms with Gasteiger partial charge in [-0.05, 0) is 25.1 Å². The number of aliphatic imine (C=N–C) groups is 1. The van der Waals surface area contributed by atoms with Gasteiger partial charge in [-0.2, -0.15) is 4.99 Å². The number of nitrogens with zero attached hydrogens (tertiary/aromatic N) is 3. The van der Waals surface area contributed by atoms with Crippen LogP contribution in [0.2, 0.25) is 5.02 Å². The van der Waals surface area contributed by atoms with Crippen molar-refractivity contribution in [1.29, 1.82) is 0 Å². The van der Waals surface area contributed by atoms with Gasteiger partial charge in [-0.3, -0.25) is 19.7 Å². The van der Waals surface area contributed by atoms with Crippen molar-refractivity contribution in [2.45, 2.75) is 18.9 Å². The first-order valence-electron chi connectivity index (χ1n) is 7.32. The van der Waals surface area contributed by atoms with E-state index in [1.807, 2.05) is 0 Å². The molecule has 2 aliphatic heterocycles. The van der Waals surface area contributed by atoms with Gasteiger partial charge in [0.15, 0.2) is 0 Å². The van der Waals surface area contributed by atoms with Crippen LogP contribution in [-0.4, -0.2) is 33.0 Å². The first-order valence-corrected chi connectivity index (χ1v) is 7.70. The lowest BCUT2D eigenvalue weighted by Crippen LogP contribution is -2.58. The molecule has 2 aliphatic rings. The van der Waals surface area contributed by atoms with Crippen LogP contribution in [0, 0.1) is 10.1 Å². The molecular weight excluding hydrogens is 348 g/mol. The molecule has 0 fully saturated rings. The van der Waals surface area contributed by atoms with Gasteiger partial charge in [-0.15, -0.1) is 0 Å². The van der Waals surface area contributed by atoms with Crippen LogP contribution in [-0.2, 0) is 9.59 Å². The Hall–Kier alpha value is -3.00. The molecule has 8 nitrogen and oxygen atoms in total. The molecule has 0 aromatic heterocycles. The molecule has 128 valence electrons. The number of halogens is 1. The van der Waals surface area contributed by atoms with Crippen molar-refractivity contribution in [1.82, 2.24) is 4.90 Å². The molecule has 2 heterocycles. The van der Waals surface area contributed by atoms with Gasteiger partial charge >= 0.3 is 0 Å². The smallest absolute Gasteiger partial charge is 0.271 e. The zero-order valence-corrected chi connectivity index (χ0v) is 13.9. The van der Waals surface area contributed by atoms with E-state index in [1.165, 1.54) is 12.1 Å². The molecule has 0 radical (unpaired) electrons. The number of allylic oxidation sites excluding steroid dienone is 2. The molecule has 1 aromatic rings. The standard InChI is InChI=1S/C16H13ClN4O4/c1-16(9-14(22)19-13-4-2-3-7-20(13)16)15(23)18-12-6-5-10(21(24)25)8-11(12)17/h2-8H,9H2,1H3,(H,18,23). The van der Waals surface area contributed by atoms with Gasteiger partial charge in [0.25, 0.3) is 17.5 Å². The number of nitro benzene ring substituents is 1. The second-order valence-corrected chi connectivity index (χ2v) is 6.17. The summed E-state index contributed by atoms with van der Waals surface area (Å²) in [5.74, 6) is -0.492. The number of anilines is 1. The number of amidine groups is 1. The molecule has 1 atom stereocenters. The Morgan fingerprint density at radius 2 is 2.20 bits per heavy atom. The van der Waals surface area contributed by atoms with Crippen molar-refractivity contribution in [3.8, 4) is 0 Å². The summed E-state index contributed by atoms with van der Waals surface area (Å²) >= 11 is 6.02. The van der Waals surface area contributed by atoms with Crippen LogP contribution < -0.4 is 5.32 Å². The molecule has 3 rings (SSSR count). The molecule has 25 heavy (non-hydrogen) atoms. The first kappa shape index (κ1) is 16.8. The second-order valence-electron chi connectivity index (χ2n) is 5.76. The van der Waals surface area contributed by atoms with E-state index >= 15 is 0 Å². The van der Waals surface area contributed by atoms with Crippen molar-refractivity contribution in [2.24, 2.45) is 4.99 Å². The Bertz CT molecular complexity index is 877. The highest BCUT2D eigenvalue weighted by Crippen LogP contribution is 2.32. The Morgan fingerprint density at radius 1 is 1.44 bits per heavy atom. The van der Waals surface area contributed by atoms with Crippen LogP contribution in [0.25, 0.3) is 0 Å². The van der Waals surface area contributed by atoms with Crippen LogP contribution in [0.1, 0.15) is 13.3 Å². The predicted molar refractivity (Wildman–Crippen MR) is 92.3 cm³/mol. The molecular formula is C16H13ClN4O4. The normalized spacial score (nSPS) is 21.6. The molecule has 0 saturated heterocycles. The van der Waals surface area contributed by atoms with Gasteiger partial charge in [-0.25, -0.2) is 0 Å². The molecule has 0 aliphatic carbocycles. The van der Waals surface area contributed by atoms with Crippen molar-refractivity contribution in [3.05, 3.63) is 57.8 Å². The summed E-state index contributed by atoms with van der Waals surface area (Å²) in [6.45, 7) is 1.62. The summed E-state index contributed by atoms with van der Waals surface area (Å²) in [6.07, 6.45) is 6.66. The van der Waals surface area contributed by atoms with Gasteiger partial charge in [-0.1, -0.05) is 17.7 Å².